The number of hydrogen-bond acceptors (Lipinski definition) is 0. The molecule has 1 N–H and O–H groups in total. The second kappa shape index (κ2) is 2.88. The lowest BCUT2D eigenvalue weighted by atomic mass is 10.0. The molecule has 0 unspecified atom stereocenters. The van der Waals surface area contributed by atoms with E-state index in [0.29, 0.717) is 0 Å². The van der Waals surface area contributed by atoms with E-state index >= 15 is 0 Å². The summed E-state index contributed by atoms with van der Waals surface area (Å²) in [6, 6.07) is 13.3. The Hall–Kier alpha value is -1.76. The summed E-state index contributed by atoms with van der Waals surface area (Å²) < 4.78 is 0. The van der Waals surface area contributed by atoms with Crippen LogP contribution in [-0.2, 0) is 12.8 Å². The lowest BCUT2D eigenvalue weighted by Crippen LogP contribution is -1.86. The van der Waals surface area contributed by atoms with Gasteiger partial charge in [-0.25, -0.2) is 0 Å². The Kier molecular flexibility index (Phi) is 1.51. The molecular weight excluding hydrogens is 194 g/mol. The number of aryl methyl sites for hydroxylation is 2. The van der Waals surface area contributed by atoms with Gasteiger partial charge >= 0.3 is 0 Å². The van der Waals surface area contributed by atoms with Gasteiger partial charge in [-0.15, -0.1) is 0 Å². The third kappa shape index (κ3) is 0.955. The van der Waals surface area contributed by atoms with Crippen molar-refractivity contribution < 1.29 is 0 Å². The Morgan fingerprint density at radius 1 is 0.750 bits per heavy atom. The van der Waals surface area contributed by atoms with Crippen molar-refractivity contribution >= 4 is 21.8 Å². The summed E-state index contributed by atoms with van der Waals surface area (Å²) in [5, 5.41) is 2.93. The molecule has 4 rings (SSSR count). The number of nitrogens with one attached hydrogen (secondary N) is 1. The van der Waals surface area contributed by atoms with Gasteiger partial charge in [0, 0.05) is 21.8 Å². The Bertz CT molecular complexity index is 633. The molecule has 1 nitrogen and oxygen atoms in total. The average Bonchev–Trinajstić information content (AvgIpc) is 2.57. The molecule has 78 valence electrons. The van der Waals surface area contributed by atoms with Crippen LogP contribution in [-0.4, -0.2) is 4.98 Å². The topological polar surface area (TPSA) is 15.8 Å². The van der Waals surface area contributed by atoms with E-state index < -0.39 is 0 Å². The van der Waals surface area contributed by atoms with Crippen LogP contribution in [0.4, 0.5) is 0 Å². The number of H-pyrrole nitrogens is 1. The molecule has 0 bridgehead atoms. The van der Waals surface area contributed by atoms with Crippen molar-refractivity contribution in [2.75, 3.05) is 0 Å². The molecular formula is C15H13N. The van der Waals surface area contributed by atoms with Gasteiger partial charge in [0.1, 0.15) is 0 Å². The van der Waals surface area contributed by atoms with Crippen molar-refractivity contribution in [3.05, 3.63) is 47.5 Å². The molecule has 1 aliphatic carbocycles. The molecule has 2 aromatic carbocycles. The molecule has 0 radical (unpaired) electrons. The molecule has 1 heteroatoms. The highest BCUT2D eigenvalue weighted by Crippen LogP contribution is 2.34. The minimum Gasteiger partial charge on any atom is -0.354 e. The number of hydrogen-bond donors (Lipinski definition) is 1. The number of benzene rings is 2. The van der Waals surface area contributed by atoms with Crippen LogP contribution in [0.1, 0.15) is 17.5 Å². The fraction of sp³-hybridized carbons (Fsp3) is 0.200. The lowest BCUT2D eigenvalue weighted by Gasteiger charge is -1.99. The fourth-order valence-electron chi connectivity index (χ4n) is 3.03. The Balaban J connectivity index is 2.35. The van der Waals surface area contributed by atoms with Crippen LogP contribution in [0, 0.1) is 0 Å². The van der Waals surface area contributed by atoms with Gasteiger partial charge in [-0.05, 0) is 42.5 Å². The smallest absolute Gasteiger partial charge is 0.0467 e. The first kappa shape index (κ1) is 8.40. The third-order valence-corrected chi connectivity index (χ3v) is 3.71. The molecule has 0 amide bonds. The normalized spacial score (nSPS) is 14.8. The minimum atomic E-state index is 1.21. The van der Waals surface area contributed by atoms with E-state index in [1.807, 2.05) is 0 Å². The first-order valence-electron chi connectivity index (χ1n) is 5.95. The molecule has 0 atom stereocenters. The predicted molar refractivity (Wildman–Crippen MR) is 67.8 cm³/mol. The zero-order valence-corrected chi connectivity index (χ0v) is 9.09. The summed E-state index contributed by atoms with van der Waals surface area (Å²) in [5.74, 6) is 0. The Morgan fingerprint density at radius 2 is 1.31 bits per heavy atom. The van der Waals surface area contributed by atoms with E-state index in [2.05, 4.69) is 41.4 Å². The summed E-state index contributed by atoms with van der Waals surface area (Å²) in [4.78, 5) is 3.53. The summed E-state index contributed by atoms with van der Waals surface area (Å²) >= 11 is 0. The van der Waals surface area contributed by atoms with Crippen molar-refractivity contribution in [3.8, 4) is 0 Å². The highest BCUT2D eigenvalue weighted by atomic mass is 14.7. The second-order valence-electron chi connectivity index (χ2n) is 4.66. The second-order valence-corrected chi connectivity index (χ2v) is 4.66. The summed E-state index contributed by atoms with van der Waals surface area (Å²) in [7, 11) is 0. The van der Waals surface area contributed by atoms with Gasteiger partial charge in [0.15, 0.2) is 0 Å². The predicted octanol–water partition coefficient (Wildman–Crippen LogP) is 3.81. The zero-order chi connectivity index (χ0) is 10.5. The molecule has 0 saturated heterocycles. The van der Waals surface area contributed by atoms with Gasteiger partial charge in [0.25, 0.3) is 0 Å². The Morgan fingerprint density at radius 3 is 1.88 bits per heavy atom. The van der Waals surface area contributed by atoms with Crippen molar-refractivity contribution in [2.24, 2.45) is 0 Å². The average molecular weight is 207 g/mol. The SMILES string of the molecule is c1cc2c3c(c1)[nH]c1cccc(c13)CCC2. The Labute approximate surface area is 94.1 Å². The van der Waals surface area contributed by atoms with E-state index in [9.17, 15) is 0 Å². The van der Waals surface area contributed by atoms with Crippen LogP contribution in [0.5, 0.6) is 0 Å². The van der Waals surface area contributed by atoms with Gasteiger partial charge in [0.05, 0.1) is 0 Å². The summed E-state index contributed by atoms with van der Waals surface area (Å²) in [6.45, 7) is 0. The lowest BCUT2D eigenvalue weighted by molar-refractivity contribution is 0.836. The molecule has 0 saturated carbocycles. The largest absolute Gasteiger partial charge is 0.354 e. The van der Waals surface area contributed by atoms with Crippen LogP contribution in [0.3, 0.4) is 0 Å². The number of aromatic amines is 1. The summed E-state index contributed by atoms with van der Waals surface area (Å²) in [6.07, 6.45) is 3.69. The summed E-state index contributed by atoms with van der Waals surface area (Å²) in [5.41, 5.74) is 5.60. The van der Waals surface area contributed by atoms with Gasteiger partial charge in [-0.2, -0.15) is 0 Å². The number of rotatable bonds is 0. The van der Waals surface area contributed by atoms with Crippen molar-refractivity contribution in [2.45, 2.75) is 19.3 Å². The molecule has 0 spiro atoms. The molecule has 1 aromatic heterocycles. The maximum absolute atomic E-state index is 3.53. The van der Waals surface area contributed by atoms with Gasteiger partial charge in [-0.3, -0.25) is 0 Å². The van der Waals surface area contributed by atoms with E-state index in [4.69, 9.17) is 0 Å². The zero-order valence-electron chi connectivity index (χ0n) is 9.09. The van der Waals surface area contributed by atoms with Crippen molar-refractivity contribution in [3.63, 3.8) is 0 Å². The standard InChI is InChI=1S/C15H13N/c1-4-10-6-2-8-12-14(10)15-11(5-1)7-3-9-13(15)16-12/h2-3,6-9,16H,1,4-5H2. The quantitative estimate of drug-likeness (QED) is 0.577. The van der Waals surface area contributed by atoms with E-state index in [1.165, 1.54) is 52.2 Å². The van der Waals surface area contributed by atoms with Crippen LogP contribution in [0.25, 0.3) is 21.8 Å². The van der Waals surface area contributed by atoms with E-state index in [0.717, 1.165) is 0 Å². The third-order valence-electron chi connectivity index (χ3n) is 3.71. The minimum absolute atomic E-state index is 1.21. The first-order valence-corrected chi connectivity index (χ1v) is 5.95. The number of aromatic nitrogens is 1. The molecule has 1 aliphatic rings. The molecule has 0 fully saturated rings. The van der Waals surface area contributed by atoms with Crippen molar-refractivity contribution in [1.82, 2.24) is 4.98 Å². The van der Waals surface area contributed by atoms with E-state index in [-0.39, 0.29) is 0 Å². The van der Waals surface area contributed by atoms with Gasteiger partial charge in [-0.1, -0.05) is 24.3 Å². The molecule has 0 aliphatic heterocycles. The maximum atomic E-state index is 3.53. The van der Waals surface area contributed by atoms with Crippen LogP contribution in [0.2, 0.25) is 0 Å². The molecule has 3 aromatic rings. The maximum Gasteiger partial charge on any atom is 0.0467 e. The van der Waals surface area contributed by atoms with Crippen LogP contribution >= 0.6 is 0 Å². The molecule has 1 heterocycles. The monoisotopic (exact) mass is 207 g/mol. The fourth-order valence-corrected chi connectivity index (χ4v) is 3.03. The highest BCUT2D eigenvalue weighted by molar-refractivity contribution is 6.10. The highest BCUT2D eigenvalue weighted by Gasteiger charge is 2.14. The first-order chi connectivity index (χ1) is 7.93. The molecule has 16 heavy (non-hydrogen) atoms. The van der Waals surface area contributed by atoms with Crippen LogP contribution in [0.15, 0.2) is 36.4 Å². The van der Waals surface area contributed by atoms with E-state index in [1.54, 1.807) is 0 Å². The van der Waals surface area contributed by atoms with Crippen molar-refractivity contribution in [1.29, 1.82) is 0 Å². The van der Waals surface area contributed by atoms with Gasteiger partial charge in [0.2, 0.25) is 0 Å². The van der Waals surface area contributed by atoms with Crippen LogP contribution < -0.4 is 0 Å². The van der Waals surface area contributed by atoms with Gasteiger partial charge < -0.3 is 4.98 Å².